The number of ether oxygens (including phenoxy) is 1. The van der Waals surface area contributed by atoms with Crippen LogP contribution in [0.25, 0.3) is 5.57 Å². The van der Waals surface area contributed by atoms with Gasteiger partial charge in [0.05, 0.1) is 12.1 Å². The maximum atomic E-state index is 5.84. The van der Waals surface area contributed by atoms with Crippen LogP contribution in [0, 0.1) is 0 Å². The maximum Gasteiger partial charge on any atom is 0.119 e. The molecule has 2 aliphatic heterocycles. The Hall–Kier alpha value is -2.42. The first-order chi connectivity index (χ1) is 13.5. The molecule has 2 aliphatic rings. The van der Waals surface area contributed by atoms with E-state index in [9.17, 15) is 0 Å². The zero-order valence-electron chi connectivity index (χ0n) is 18.9. The van der Waals surface area contributed by atoms with E-state index in [2.05, 4.69) is 94.7 Å². The van der Waals surface area contributed by atoms with Crippen molar-refractivity contribution in [2.24, 2.45) is 0 Å². The van der Waals surface area contributed by atoms with Crippen LogP contribution in [-0.2, 0) is 5.41 Å². The molecule has 0 spiro atoms. The van der Waals surface area contributed by atoms with E-state index in [-0.39, 0.29) is 16.5 Å². The Bertz CT molecular complexity index is 986. The summed E-state index contributed by atoms with van der Waals surface area (Å²) < 4.78 is 5.84. The molecule has 4 rings (SSSR count). The van der Waals surface area contributed by atoms with Gasteiger partial charge in [-0.25, -0.2) is 0 Å². The van der Waals surface area contributed by atoms with Gasteiger partial charge in [0.25, 0.3) is 0 Å². The van der Waals surface area contributed by atoms with Crippen LogP contribution in [0.2, 0.25) is 0 Å². The molecule has 154 valence electrons. The van der Waals surface area contributed by atoms with Crippen LogP contribution in [0.4, 0.5) is 11.4 Å². The molecule has 0 radical (unpaired) electrons. The molecule has 0 amide bonds. The lowest BCUT2D eigenvalue weighted by Gasteiger charge is -2.46. The minimum atomic E-state index is -0.0977. The second kappa shape index (κ2) is 6.55. The Morgan fingerprint density at radius 1 is 0.931 bits per heavy atom. The van der Waals surface area contributed by atoms with Gasteiger partial charge in [-0.2, -0.15) is 0 Å². The Balaban J connectivity index is 1.86. The minimum absolute atomic E-state index is 0.00983. The standard InChI is InChI=1S/C26H34N2O/c1-8-29-19-10-12-23-21(14-19)26(7,16-25(5,6)28-23)18-9-11-22-20(13-18)17(2)15-24(3,4)27-22/h9-15,27-28H,8,16H2,1-7H3/t26-/m1/s1. The van der Waals surface area contributed by atoms with Gasteiger partial charge >= 0.3 is 0 Å². The summed E-state index contributed by atoms with van der Waals surface area (Å²) in [5, 5.41) is 7.39. The molecule has 3 nitrogen and oxygen atoms in total. The fourth-order valence-electron chi connectivity index (χ4n) is 5.32. The molecule has 3 heteroatoms. The average molecular weight is 391 g/mol. The van der Waals surface area contributed by atoms with Gasteiger partial charge in [0.15, 0.2) is 0 Å². The summed E-state index contributed by atoms with van der Waals surface area (Å²) in [7, 11) is 0. The van der Waals surface area contributed by atoms with Crippen molar-refractivity contribution in [3.05, 3.63) is 59.2 Å². The molecular weight excluding hydrogens is 356 g/mol. The van der Waals surface area contributed by atoms with Crippen LogP contribution in [-0.4, -0.2) is 17.7 Å². The van der Waals surface area contributed by atoms with Gasteiger partial charge in [-0.15, -0.1) is 0 Å². The molecular formula is C26H34N2O. The summed E-state index contributed by atoms with van der Waals surface area (Å²) >= 11 is 0. The van der Waals surface area contributed by atoms with Crippen molar-refractivity contribution >= 4 is 16.9 Å². The summed E-state index contributed by atoms with van der Waals surface area (Å²) in [5.41, 5.74) is 7.64. The number of nitrogens with one attached hydrogen (secondary N) is 2. The van der Waals surface area contributed by atoms with E-state index in [1.165, 1.54) is 33.6 Å². The van der Waals surface area contributed by atoms with Gasteiger partial charge in [0.1, 0.15) is 5.75 Å². The lowest BCUT2D eigenvalue weighted by atomic mass is 9.65. The third kappa shape index (κ3) is 3.52. The molecule has 2 aromatic rings. The van der Waals surface area contributed by atoms with Crippen LogP contribution >= 0.6 is 0 Å². The van der Waals surface area contributed by atoms with Crippen molar-refractivity contribution in [2.75, 3.05) is 17.2 Å². The molecule has 0 fully saturated rings. The quantitative estimate of drug-likeness (QED) is 0.620. The van der Waals surface area contributed by atoms with Crippen molar-refractivity contribution in [3.63, 3.8) is 0 Å². The van der Waals surface area contributed by atoms with Crippen molar-refractivity contribution in [2.45, 2.75) is 71.4 Å². The lowest BCUT2D eigenvalue weighted by Crippen LogP contribution is -2.45. The van der Waals surface area contributed by atoms with Crippen LogP contribution in [0.1, 0.15) is 71.6 Å². The van der Waals surface area contributed by atoms with E-state index in [1.54, 1.807) is 0 Å². The first-order valence-electron chi connectivity index (χ1n) is 10.7. The van der Waals surface area contributed by atoms with Gasteiger partial charge in [-0.1, -0.05) is 19.1 Å². The largest absolute Gasteiger partial charge is 0.494 e. The van der Waals surface area contributed by atoms with E-state index in [0.717, 1.165) is 12.2 Å². The summed E-state index contributed by atoms with van der Waals surface area (Å²) in [6.07, 6.45) is 3.35. The van der Waals surface area contributed by atoms with Gasteiger partial charge in [-0.3, -0.25) is 0 Å². The molecule has 29 heavy (non-hydrogen) atoms. The molecule has 0 unspecified atom stereocenters. The second-order valence-electron chi connectivity index (χ2n) is 10.1. The van der Waals surface area contributed by atoms with Gasteiger partial charge < -0.3 is 15.4 Å². The van der Waals surface area contributed by atoms with Gasteiger partial charge in [0.2, 0.25) is 0 Å². The van der Waals surface area contributed by atoms with Crippen molar-refractivity contribution in [3.8, 4) is 5.75 Å². The van der Waals surface area contributed by atoms with Gasteiger partial charge in [-0.05, 0) is 95.0 Å². The highest BCUT2D eigenvalue weighted by molar-refractivity contribution is 5.81. The Kier molecular flexibility index (Phi) is 4.49. The number of fused-ring (bicyclic) bond motifs is 2. The van der Waals surface area contributed by atoms with Crippen molar-refractivity contribution in [1.82, 2.24) is 0 Å². The number of rotatable bonds is 3. The zero-order chi connectivity index (χ0) is 21.0. The number of allylic oxidation sites excluding steroid dienone is 1. The minimum Gasteiger partial charge on any atom is -0.494 e. The van der Waals surface area contributed by atoms with Crippen LogP contribution in [0.3, 0.4) is 0 Å². The molecule has 0 aromatic heterocycles. The number of anilines is 2. The molecule has 0 aliphatic carbocycles. The first-order valence-corrected chi connectivity index (χ1v) is 10.7. The predicted molar refractivity (Wildman–Crippen MR) is 124 cm³/mol. The number of hydrogen-bond acceptors (Lipinski definition) is 3. The topological polar surface area (TPSA) is 33.3 Å². The third-order valence-corrected chi connectivity index (χ3v) is 6.28. The van der Waals surface area contributed by atoms with E-state index >= 15 is 0 Å². The van der Waals surface area contributed by atoms with Crippen LogP contribution in [0.5, 0.6) is 5.75 Å². The Morgan fingerprint density at radius 2 is 1.66 bits per heavy atom. The summed E-state index contributed by atoms with van der Waals surface area (Å²) in [4.78, 5) is 0. The summed E-state index contributed by atoms with van der Waals surface area (Å²) in [5.74, 6) is 0.941. The third-order valence-electron chi connectivity index (χ3n) is 6.28. The molecule has 0 bridgehead atoms. The molecule has 1 atom stereocenters. The monoisotopic (exact) mass is 390 g/mol. The highest BCUT2D eigenvalue weighted by Gasteiger charge is 2.42. The fourth-order valence-corrected chi connectivity index (χ4v) is 5.32. The second-order valence-corrected chi connectivity index (χ2v) is 10.1. The molecule has 2 heterocycles. The summed E-state index contributed by atoms with van der Waals surface area (Å²) in [6, 6.07) is 13.4. The normalized spacial score (nSPS) is 23.8. The fraction of sp³-hybridized carbons (Fsp3) is 0.462. The molecule has 2 aromatic carbocycles. The maximum absolute atomic E-state index is 5.84. The zero-order valence-corrected chi connectivity index (χ0v) is 18.9. The van der Waals surface area contributed by atoms with Crippen molar-refractivity contribution < 1.29 is 4.74 Å². The Labute approximate surface area is 175 Å². The van der Waals surface area contributed by atoms with Crippen molar-refractivity contribution in [1.29, 1.82) is 0 Å². The number of hydrogen-bond donors (Lipinski definition) is 2. The lowest BCUT2D eigenvalue weighted by molar-refractivity contribution is 0.335. The smallest absolute Gasteiger partial charge is 0.119 e. The summed E-state index contributed by atoms with van der Waals surface area (Å²) in [6.45, 7) is 16.3. The predicted octanol–water partition coefficient (Wildman–Crippen LogP) is 6.59. The Morgan fingerprint density at radius 3 is 2.38 bits per heavy atom. The van der Waals surface area contributed by atoms with Gasteiger partial charge in [0, 0.05) is 27.9 Å². The van der Waals surface area contributed by atoms with Crippen LogP contribution in [0.15, 0.2) is 42.5 Å². The van der Waals surface area contributed by atoms with E-state index in [1.807, 2.05) is 6.92 Å². The van der Waals surface area contributed by atoms with Crippen LogP contribution < -0.4 is 15.4 Å². The average Bonchev–Trinajstić information content (AvgIpc) is 2.60. The van der Waals surface area contributed by atoms with E-state index in [0.29, 0.717) is 6.61 Å². The van der Waals surface area contributed by atoms with E-state index in [4.69, 9.17) is 4.74 Å². The SMILES string of the molecule is CCOc1ccc2c(c1)[C@@](C)(c1ccc3c(c1)C(C)=CC(C)(C)N3)CC(C)(C)N2. The highest BCUT2D eigenvalue weighted by atomic mass is 16.5. The molecule has 0 saturated carbocycles. The van der Waals surface area contributed by atoms with E-state index < -0.39 is 0 Å². The number of benzene rings is 2. The highest BCUT2D eigenvalue weighted by Crippen LogP contribution is 2.49. The first kappa shape index (κ1) is 19.9. The molecule has 0 saturated heterocycles. The molecule has 2 N–H and O–H groups in total.